The number of ether oxygens (including phenoxy) is 6. The molecule has 14 atom stereocenters. The quantitative estimate of drug-likeness (QED) is 0.0926. The fourth-order valence-electron chi connectivity index (χ4n) is 12.8. The van der Waals surface area contributed by atoms with Crippen molar-refractivity contribution in [2.24, 2.45) is 29.6 Å². The van der Waals surface area contributed by atoms with E-state index in [1.54, 1.807) is 20.1 Å². The van der Waals surface area contributed by atoms with Crippen LogP contribution in [-0.2, 0) is 56.8 Å². The number of carbonyl (C=O) groups is 5. The van der Waals surface area contributed by atoms with Crippen molar-refractivity contribution in [3.05, 3.63) is 96.6 Å². The normalized spacial score (nSPS) is 33.0. The Kier molecular flexibility index (Phi) is 21.6. The molecule has 0 spiro atoms. The minimum atomic E-state index is -2.95. The Morgan fingerprint density at radius 3 is 2.00 bits per heavy atom. The lowest BCUT2D eigenvalue weighted by atomic mass is 9.81. The molecule has 1 amide bonds. The molecule has 0 radical (unpaired) electrons. The SMILES string of the molecule is C=CCC1C=C(C)CC(C)CC(OC)C2OC(O)(C(=O)C(=O)N3CCCCC3C(=O)OC(C(C)=CC3CCC(O[Si](c4ccccc4)(c4ccccc4)C(C)(C)C)C(OC)C3)C(C)C(OC(C)=O)CC1=O)C(C)CC2OC. The first-order chi connectivity index (χ1) is 36.5. The van der Waals surface area contributed by atoms with Gasteiger partial charge in [0.2, 0.25) is 5.79 Å². The van der Waals surface area contributed by atoms with Gasteiger partial charge in [-0.1, -0.05) is 126 Å². The summed E-state index contributed by atoms with van der Waals surface area (Å²) < 4.78 is 44.8. The smallest absolute Gasteiger partial charge is 0.329 e. The number of aliphatic hydroxyl groups is 1. The van der Waals surface area contributed by atoms with Gasteiger partial charge in [-0.3, -0.25) is 19.2 Å². The lowest BCUT2D eigenvalue weighted by Crippen LogP contribution is -2.68. The molecular weight excluding hydrogens is 995 g/mol. The Morgan fingerprint density at radius 2 is 1.43 bits per heavy atom. The average Bonchev–Trinajstić information content (AvgIpc) is 3.40. The highest BCUT2D eigenvalue weighted by molar-refractivity contribution is 6.99. The van der Waals surface area contributed by atoms with Gasteiger partial charge in [-0.2, -0.15) is 0 Å². The van der Waals surface area contributed by atoms with Gasteiger partial charge < -0.3 is 42.9 Å². The molecule has 14 nitrogen and oxygen atoms in total. The average molecular weight is 1080 g/mol. The van der Waals surface area contributed by atoms with Crippen molar-refractivity contribution < 1.29 is 61.9 Å². The summed E-state index contributed by atoms with van der Waals surface area (Å²) in [6.45, 7) is 21.4. The Hall–Kier alpha value is -4.61. The molecule has 4 aliphatic rings. The maximum absolute atomic E-state index is 15.0. The topological polar surface area (TPSA) is 173 Å². The number of cyclic esters (lactones) is 1. The van der Waals surface area contributed by atoms with Crippen molar-refractivity contribution in [3.63, 3.8) is 0 Å². The number of Topliss-reactive ketones (excluding diaryl/α,β-unsaturated/α-hetero) is 2. The predicted octanol–water partition coefficient (Wildman–Crippen LogP) is 8.79. The molecule has 1 N–H and O–H groups in total. The first kappa shape index (κ1) is 61.6. The maximum Gasteiger partial charge on any atom is 0.329 e. The highest BCUT2D eigenvalue weighted by atomic mass is 28.4. The van der Waals surface area contributed by atoms with E-state index in [9.17, 15) is 29.1 Å². The fraction of sp³-hybridized carbons (Fsp3) is 0.629. The highest BCUT2D eigenvalue weighted by Gasteiger charge is 2.57. The van der Waals surface area contributed by atoms with Crippen LogP contribution in [0.3, 0.4) is 0 Å². The number of benzene rings is 2. The Morgan fingerprint density at radius 1 is 0.818 bits per heavy atom. The van der Waals surface area contributed by atoms with Gasteiger partial charge >= 0.3 is 11.9 Å². The summed E-state index contributed by atoms with van der Waals surface area (Å²) in [5.74, 6) is -8.60. The van der Waals surface area contributed by atoms with E-state index >= 15 is 0 Å². The number of piperidine rings is 1. The Bertz CT molecular complexity index is 2360. The number of allylic oxidation sites excluding steroid dienone is 4. The van der Waals surface area contributed by atoms with Crippen LogP contribution in [0.4, 0.5) is 0 Å². The number of fused-ring (bicyclic) bond motifs is 3. The van der Waals surface area contributed by atoms with Crippen molar-refractivity contribution in [2.75, 3.05) is 27.9 Å². The first-order valence-corrected chi connectivity index (χ1v) is 29.9. The van der Waals surface area contributed by atoms with Crippen LogP contribution in [0.15, 0.2) is 96.6 Å². The van der Waals surface area contributed by atoms with Crippen LogP contribution < -0.4 is 10.4 Å². The molecule has 2 aromatic rings. The second-order valence-corrected chi connectivity index (χ2v) is 27.9. The largest absolute Gasteiger partial charge is 0.462 e. The summed E-state index contributed by atoms with van der Waals surface area (Å²) in [5.41, 5.74) is 1.61. The minimum absolute atomic E-state index is 0.0264. The number of carbonyl (C=O) groups excluding carboxylic acids is 5. The van der Waals surface area contributed by atoms with Gasteiger partial charge in [0, 0.05) is 59.0 Å². The number of esters is 2. The van der Waals surface area contributed by atoms with Gasteiger partial charge in [-0.25, -0.2) is 4.79 Å². The summed E-state index contributed by atoms with van der Waals surface area (Å²) in [6.07, 6.45) is 5.62. The molecule has 14 unspecified atom stereocenters. The predicted molar refractivity (Wildman–Crippen MR) is 299 cm³/mol. The number of rotatable bonds is 12. The molecule has 15 heteroatoms. The summed E-state index contributed by atoms with van der Waals surface area (Å²) >= 11 is 0. The third kappa shape index (κ3) is 14.2. The van der Waals surface area contributed by atoms with Crippen LogP contribution >= 0.6 is 0 Å². The van der Waals surface area contributed by atoms with Crippen molar-refractivity contribution in [1.29, 1.82) is 0 Å². The van der Waals surface area contributed by atoms with Crippen LogP contribution in [0.2, 0.25) is 5.04 Å². The van der Waals surface area contributed by atoms with Crippen molar-refractivity contribution in [3.8, 4) is 0 Å². The fourth-order valence-corrected chi connectivity index (χ4v) is 17.5. The molecule has 77 heavy (non-hydrogen) atoms. The standard InChI is InChI=1S/C62H89NO13Si/c1-14-23-46-33-39(2)32-40(3)34-54(71-12)57-55(72-13)36-42(5)62(69,75-57)58(66)59(67)63-31-22-21-28-49(63)60(68)74-56(43(6)52(38-50(46)65)73-44(7)64)41(4)35-45-29-30-51(53(37-45)70-11)76-77(61(8,9)10,47-24-17-15-18-25-47)48-26-19-16-20-27-48/h14-20,24-27,33,35,40,42-43,45-46,49,51-57,69H,1,21-23,28-32,34,36-38H2,2-13H3. The summed E-state index contributed by atoms with van der Waals surface area (Å²) in [4.78, 5) is 73.0. The van der Waals surface area contributed by atoms with Gasteiger partial charge in [0.25, 0.3) is 20.0 Å². The zero-order valence-electron chi connectivity index (χ0n) is 48.0. The van der Waals surface area contributed by atoms with Crippen molar-refractivity contribution in [1.82, 2.24) is 4.90 Å². The second-order valence-electron chi connectivity index (χ2n) is 23.6. The van der Waals surface area contributed by atoms with E-state index < -0.39 is 92.0 Å². The molecule has 3 fully saturated rings. The van der Waals surface area contributed by atoms with Crippen LogP contribution in [0, 0.1) is 29.6 Å². The van der Waals surface area contributed by atoms with Crippen molar-refractivity contribution >= 4 is 48.1 Å². The molecule has 3 heterocycles. The minimum Gasteiger partial charge on any atom is -0.462 e. The summed E-state index contributed by atoms with van der Waals surface area (Å²) in [7, 11) is 1.84. The van der Waals surface area contributed by atoms with Crippen LogP contribution in [0.25, 0.3) is 0 Å². The molecule has 6 rings (SSSR count). The Balaban J connectivity index is 1.39. The summed E-state index contributed by atoms with van der Waals surface area (Å²) in [6, 6.07) is 19.9. The van der Waals surface area contributed by atoms with E-state index in [2.05, 4.69) is 82.0 Å². The van der Waals surface area contributed by atoms with Gasteiger partial charge in [-0.05, 0) is 111 Å². The molecular formula is C62H89NO13Si. The molecule has 1 aliphatic carbocycles. The third-order valence-corrected chi connectivity index (χ3v) is 21.9. The van der Waals surface area contributed by atoms with E-state index in [4.69, 9.17) is 32.8 Å². The number of hydrogen-bond acceptors (Lipinski definition) is 13. The van der Waals surface area contributed by atoms with E-state index in [1.807, 2.05) is 45.9 Å². The zero-order chi connectivity index (χ0) is 56.4. The van der Waals surface area contributed by atoms with Gasteiger partial charge in [0.15, 0.2) is 0 Å². The number of methoxy groups -OCH3 is 3. The molecule has 2 saturated heterocycles. The third-order valence-electron chi connectivity index (χ3n) is 16.9. The van der Waals surface area contributed by atoms with Gasteiger partial charge in [0.1, 0.15) is 30.1 Å². The maximum atomic E-state index is 15.0. The van der Waals surface area contributed by atoms with E-state index in [-0.39, 0.29) is 60.7 Å². The van der Waals surface area contributed by atoms with E-state index in [1.165, 1.54) is 36.4 Å². The number of nitrogens with zero attached hydrogens (tertiary/aromatic N) is 1. The second kappa shape index (κ2) is 27.0. The van der Waals surface area contributed by atoms with Gasteiger partial charge in [-0.15, -0.1) is 6.58 Å². The first-order valence-electron chi connectivity index (χ1n) is 28.0. The number of amides is 1. The molecule has 424 valence electrons. The molecule has 2 bridgehead atoms. The zero-order valence-corrected chi connectivity index (χ0v) is 49.0. The molecule has 2 aromatic carbocycles. The molecule has 1 saturated carbocycles. The number of hydrogen-bond donors (Lipinski definition) is 1. The lowest BCUT2D eigenvalue weighted by Gasteiger charge is -2.47. The van der Waals surface area contributed by atoms with Crippen molar-refractivity contribution in [2.45, 2.75) is 193 Å². The number of ketones is 2. The molecule has 0 aromatic heterocycles. The van der Waals surface area contributed by atoms with Crippen LogP contribution in [-0.4, -0.2) is 130 Å². The summed E-state index contributed by atoms with van der Waals surface area (Å²) in [5, 5.41) is 14.4. The van der Waals surface area contributed by atoms with Gasteiger partial charge in [0.05, 0.1) is 24.4 Å². The van der Waals surface area contributed by atoms with Crippen LogP contribution in [0.1, 0.15) is 133 Å². The van der Waals surface area contributed by atoms with E-state index in [0.29, 0.717) is 50.5 Å². The molecule has 3 aliphatic heterocycles. The Labute approximate surface area is 459 Å². The monoisotopic (exact) mass is 1080 g/mol. The highest BCUT2D eigenvalue weighted by Crippen LogP contribution is 2.43. The van der Waals surface area contributed by atoms with E-state index in [0.717, 1.165) is 12.0 Å². The lowest BCUT2D eigenvalue weighted by molar-refractivity contribution is -0.302. The van der Waals surface area contributed by atoms with Crippen LogP contribution in [0.5, 0.6) is 0 Å².